The number of nitrogens with zero attached hydrogens (tertiary/aromatic N) is 2. The molecule has 2 aliphatic heterocycles. The number of piperazine rings is 1. The summed E-state index contributed by atoms with van der Waals surface area (Å²) in [4.78, 5) is 5.88. The van der Waals surface area contributed by atoms with Crippen molar-refractivity contribution in [1.29, 1.82) is 0 Å². The highest BCUT2D eigenvalue weighted by Crippen LogP contribution is 2.35. The Kier molecular flexibility index (Phi) is 5.48. The fourth-order valence-electron chi connectivity index (χ4n) is 4.66. The molecule has 2 aromatic carbocycles. The summed E-state index contributed by atoms with van der Waals surface area (Å²) < 4.78 is 39.6. The van der Waals surface area contributed by atoms with Crippen LogP contribution in [0.4, 0.5) is 5.69 Å². The van der Waals surface area contributed by atoms with Crippen LogP contribution in [0.1, 0.15) is 11.3 Å². The van der Waals surface area contributed by atoms with Crippen LogP contribution < -0.4 is 19.7 Å². The van der Waals surface area contributed by atoms with Crippen LogP contribution in [-0.2, 0) is 23.0 Å². The second-order valence-corrected chi connectivity index (χ2v) is 10.1. The van der Waals surface area contributed by atoms with Crippen LogP contribution in [-0.4, -0.2) is 64.7 Å². The van der Waals surface area contributed by atoms with Gasteiger partial charge in [-0.25, -0.2) is 8.42 Å². The number of methoxy groups -OCH3 is 2. The van der Waals surface area contributed by atoms with Crippen molar-refractivity contribution in [2.24, 2.45) is 0 Å². The van der Waals surface area contributed by atoms with Crippen molar-refractivity contribution in [3.05, 3.63) is 47.7 Å². The van der Waals surface area contributed by atoms with Crippen LogP contribution in [0, 0.1) is 0 Å². The first-order valence-electron chi connectivity index (χ1n) is 10.8. The molecule has 0 unspecified atom stereocenters. The first-order valence-corrected chi connectivity index (χ1v) is 12.3. The van der Waals surface area contributed by atoms with Crippen LogP contribution >= 0.6 is 0 Å². The minimum Gasteiger partial charge on any atom is -0.497 e. The van der Waals surface area contributed by atoms with E-state index in [1.807, 2.05) is 18.2 Å². The van der Waals surface area contributed by atoms with Gasteiger partial charge >= 0.3 is 0 Å². The van der Waals surface area contributed by atoms with Gasteiger partial charge in [0.15, 0.2) is 0 Å². The van der Waals surface area contributed by atoms with E-state index >= 15 is 0 Å². The number of fused-ring (bicyclic) bond motifs is 3. The third-order valence-electron chi connectivity index (χ3n) is 6.39. The summed E-state index contributed by atoms with van der Waals surface area (Å²) >= 11 is 0. The Morgan fingerprint density at radius 1 is 0.969 bits per heavy atom. The minimum atomic E-state index is -3.65. The Morgan fingerprint density at radius 2 is 1.78 bits per heavy atom. The molecule has 5 rings (SSSR count). The van der Waals surface area contributed by atoms with Crippen LogP contribution in [0.15, 0.2) is 41.3 Å². The van der Waals surface area contributed by atoms with E-state index in [9.17, 15) is 8.42 Å². The molecule has 1 aromatic heterocycles. The minimum absolute atomic E-state index is 0.299. The number of hydrogen-bond acceptors (Lipinski definition) is 6. The van der Waals surface area contributed by atoms with E-state index in [4.69, 9.17) is 9.47 Å². The normalized spacial score (nSPS) is 17.4. The highest BCUT2D eigenvalue weighted by Gasteiger charge is 2.31. The molecule has 3 aromatic rings. The second-order valence-electron chi connectivity index (χ2n) is 8.15. The molecule has 2 N–H and O–H groups in total. The molecule has 0 bridgehead atoms. The fourth-order valence-corrected chi connectivity index (χ4v) is 6.09. The SMILES string of the molecule is COc1ccc2[nH]c3c(c2c1)CCN(S(=O)(=O)c1ccc(OC)c(N2CCNCC2)c1)C3. The molecular weight excluding hydrogens is 428 g/mol. The number of ether oxygens (including phenoxy) is 2. The number of hydrogen-bond donors (Lipinski definition) is 2. The Bertz CT molecular complexity index is 1250. The molecule has 170 valence electrons. The molecule has 32 heavy (non-hydrogen) atoms. The number of aromatic nitrogens is 1. The predicted molar refractivity (Wildman–Crippen MR) is 124 cm³/mol. The van der Waals surface area contributed by atoms with Crippen LogP contribution in [0.2, 0.25) is 0 Å². The number of benzene rings is 2. The molecule has 1 fully saturated rings. The summed E-state index contributed by atoms with van der Waals surface area (Å²) in [6.07, 6.45) is 0.655. The largest absolute Gasteiger partial charge is 0.497 e. The summed E-state index contributed by atoms with van der Waals surface area (Å²) in [6, 6.07) is 11.1. The van der Waals surface area contributed by atoms with Crippen molar-refractivity contribution in [3.8, 4) is 11.5 Å². The summed E-state index contributed by atoms with van der Waals surface area (Å²) in [5.74, 6) is 1.49. The number of H-pyrrole nitrogens is 1. The van der Waals surface area contributed by atoms with Gasteiger partial charge in [0, 0.05) is 49.3 Å². The standard InChI is InChI=1S/C23H28N4O4S/c1-30-16-3-5-20-19(13-16)18-7-10-27(15-21(18)25-20)32(28,29)17-4-6-23(31-2)22(14-17)26-11-8-24-9-12-26/h3-6,13-14,24-25H,7-12,15H2,1-2H3. The Hall–Kier alpha value is -2.75. The molecule has 0 spiro atoms. The molecule has 3 heterocycles. The molecule has 8 nitrogen and oxygen atoms in total. The zero-order valence-electron chi connectivity index (χ0n) is 18.3. The van der Waals surface area contributed by atoms with Crippen molar-refractivity contribution in [2.45, 2.75) is 17.9 Å². The van der Waals surface area contributed by atoms with Gasteiger partial charge in [-0.3, -0.25) is 0 Å². The quantitative estimate of drug-likeness (QED) is 0.613. The third kappa shape index (κ3) is 3.60. The van der Waals surface area contributed by atoms with Crippen LogP contribution in [0.25, 0.3) is 10.9 Å². The lowest BCUT2D eigenvalue weighted by atomic mass is 10.0. The van der Waals surface area contributed by atoms with Gasteiger partial charge in [-0.15, -0.1) is 0 Å². The maximum absolute atomic E-state index is 13.6. The molecule has 2 aliphatic rings. The Labute approximate surface area is 188 Å². The third-order valence-corrected chi connectivity index (χ3v) is 8.23. The van der Waals surface area contributed by atoms with E-state index < -0.39 is 10.0 Å². The zero-order chi connectivity index (χ0) is 22.3. The smallest absolute Gasteiger partial charge is 0.243 e. The van der Waals surface area contributed by atoms with E-state index in [0.717, 1.165) is 54.2 Å². The summed E-state index contributed by atoms with van der Waals surface area (Å²) in [7, 11) is -0.382. The molecule has 1 saturated heterocycles. The van der Waals surface area contributed by atoms with Crippen molar-refractivity contribution in [3.63, 3.8) is 0 Å². The van der Waals surface area contributed by atoms with E-state index in [-0.39, 0.29) is 0 Å². The van der Waals surface area contributed by atoms with Gasteiger partial charge in [0.1, 0.15) is 11.5 Å². The molecule has 0 saturated carbocycles. The number of anilines is 1. The first kappa shape index (κ1) is 21.1. The highest BCUT2D eigenvalue weighted by molar-refractivity contribution is 7.89. The lowest BCUT2D eigenvalue weighted by Gasteiger charge is -2.31. The Morgan fingerprint density at radius 3 is 2.53 bits per heavy atom. The van der Waals surface area contributed by atoms with Gasteiger partial charge in [-0.05, 0) is 48.4 Å². The second kappa shape index (κ2) is 8.31. The van der Waals surface area contributed by atoms with Crippen molar-refractivity contribution < 1.29 is 17.9 Å². The fraction of sp³-hybridized carbons (Fsp3) is 0.391. The zero-order valence-corrected chi connectivity index (χ0v) is 19.2. The summed E-state index contributed by atoms with van der Waals surface area (Å²) in [5.41, 5.74) is 3.94. The van der Waals surface area contributed by atoms with Crippen LogP contribution in [0.5, 0.6) is 11.5 Å². The number of rotatable bonds is 5. The lowest BCUT2D eigenvalue weighted by molar-refractivity contribution is 0.388. The molecule has 9 heteroatoms. The summed E-state index contributed by atoms with van der Waals surface area (Å²) in [5, 5.41) is 4.42. The van der Waals surface area contributed by atoms with Gasteiger partial charge in [0.05, 0.1) is 31.3 Å². The molecule has 0 atom stereocenters. The lowest BCUT2D eigenvalue weighted by Crippen LogP contribution is -2.43. The highest BCUT2D eigenvalue weighted by atomic mass is 32.2. The van der Waals surface area contributed by atoms with E-state index in [0.29, 0.717) is 30.2 Å². The molecular formula is C23H28N4O4S. The Balaban J connectivity index is 1.46. The van der Waals surface area contributed by atoms with Gasteiger partial charge in [0.25, 0.3) is 0 Å². The van der Waals surface area contributed by atoms with Gasteiger partial charge < -0.3 is 24.7 Å². The number of nitrogens with one attached hydrogen (secondary N) is 2. The average molecular weight is 457 g/mol. The van der Waals surface area contributed by atoms with E-state index in [2.05, 4.69) is 15.2 Å². The van der Waals surface area contributed by atoms with Crippen molar-refractivity contribution in [2.75, 3.05) is 51.8 Å². The molecule has 0 amide bonds. The van der Waals surface area contributed by atoms with Crippen molar-refractivity contribution in [1.82, 2.24) is 14.6 Å². The topological polar surface area (TPSA) is 86.9 Å². The van der Waals surface area contributed by atoms with E-state index in [1.54, 1.807) is 36.7 Å². The van der Waals surface area contributed by atoms with E-state index in [1.165, 1.54) is 5.56 Å². The van der Waals surface area contributed by atoms with Gasteiger partial charge in [-0.2, -0.15) is 4.31 Å². The van der Waals surface area contributed by atoms with Crippen LogP contribution in [0.3, 0.4) is 0 Å². The van der Waals surface area contributed by atoms with Gasteiger partial charge in [0.2, 0.25) is 10.0 Å². The monoisotopic (exact) mass is 456 g/mol. The number of sulfonamides is 1. The predicted octanol–water partition coefficient (Wildman–Crippen LogP) is 2.34. The van der Waals surface area contributed by atoms with Gasteiger partial charge in [-0.1, -0.05) is 0 Å². The molecule has 0 aliphatic carbocycles. The van der Waals surface area contributed by atoms with Crippen molar-refractivity contribution >= 4 is 26.6 Å². The summed E-state index contributed by atoms with van der Waals surface area (Å²) in [6.45, 7) is 4.11. The average Bonchev–Trinajstić information content (AvgIpc) is 3.21. The number of aromatic amines is 1. The maximum atomic E-state index is 13.6. The first-order chi connectivity index (χ1) is 15.5. The maximum Gasteiger partial charge on any atom is 0.243 e. The molecule has 0 radical (unpaired) electrons.